The van der Waals surface area contributed by atoms with Crippen LogP contribution in [-0.4, -0.2) is 16.7 Å². The molecular formula is C16H11Cl2F4N3O2. The molecule has 0 unspecified atom stereocenters. The first-order valence-electron chi connectivity index (χ1n) is 7.33. The summed E-state index contributed by atoms with van der Waals surface area (Å²) in [5.41, 5.74) is 1.75. The number of alkyl halides is 3. The number of carbonyl (C=O) groups excluding carboxylic acids is 2. The predicted molar refractivity (Wildman–Crippen MR) is 92.4 cm³/mol. The van der Waals surface area contributed by atoms with Crippen LogP contribution in [0.5, 0.6) is 0 Å². The number of nitrogens with one attached hydrogen (secondary N) is 1. The predicted octanol–water partition coefficient (Wildman–Crippen LogP) is 4.71. The third kappa shape index (κ3) is 4.14. The first kappa shape index (κ1) is 20.9. The smallest absolute Gasteiger partial charge is 0.382 e. The number of ketones is 1. The minimum atomic E-state index is -5.05. The maximum Gasteiger partial charge on any atom is 0.434 e. The van der Waals surface area contributed by atoms with Crippen molar-refractivity contribution in [1.29, 1.82) is 0 Å². The van der Waals surface area contributed by atoms with E-state index < -0.39 is 57.0 Å². The average molecular weight is 424 g/mol. The summed E-state index contributed by atoms with van der Waals surface area (Å²) in [6.07, 6.45) is -5.13. The van der Waals surface area contributed by atoms with E-state index in [1.807, 2.05) is 0 Å². The van der Waals surface area contributed by atoms with Gasteiger partial charge in [-0.1, -0.05) is 36.2 Å². The molecule has 2 aromatic rings. The average Bonchev–Trinajstić information content (AvgIpc) is 2.56. The Morgan fingerprint density at radius 2 is 1.85 bits per heavy atom. The van der Waals surface area contributed by atoms with E-state index in [0.29, 0.717) is 0 Å². The first-order valence-corrected chi connectivity index (χ1v) is 8.09. The van der Waals surface area contributed by atoms with Crippen LogP contribution < -0.4 is 11.1 Å². The van der Waals surface area contributed by atoms with Crippen molar-refractivity contribution in [2.75, 3.05) is 11.1 Å². The Bertz CT molecular complexity index is 913. The third-order valence-electron chi connectivity index (χ3n) is 3.44. The van der Waals surface area contributed by atoms with Crippen LogP contribution in [0, 0.1) is 5.82 Å². The minimum Gasteiger partial charge on any atom is -0.382 e. The summed E-state index contributed by atoms with van der Waals surface area (Å²) in [7, 11) is 0. The topological polar surface area (TPSA) is 85.1 Å². The number of aromatic nitrogens is 1. The van der Waals surface area contributed by atoms with Crippen LogP contribution in [-0.2, 0) is 11.0 Å². The molecule has 1 aromatic heterocycles. The summed E-state index contributed by atoms with van der Waals surface area (Å²) >= 11 is 11.6. The van der Waals surface area contributed by atoms with Crippen molar-refractivity contribution in [2.24, 2.45) is 0 Å². The highest BCUT2D eigenvalue weighted by atomic mass is 35.5. The van der Waals surface area contributed by atoms with Gasteiger partial charge in [0, 0.05) is 6.42 Å². The Kier molecular flexibility index (Phi) is 5.96. The largest absolute Gasteiger partial charge is 0.434 e. The van der Waals surface area contributed by atoms with Gasteiger partial charge in [0.2, 0.25) is 11.7 Å². The van der Waals surface area contributed by atoms with Gasteiger partial charge >= 0.3 is 6.18 Å². The SMILES string of the molecule is CCC(=O)Nc1c(N)nc(C(F)(F)F)c(Cl)c1C(=O)c1c(F)cccc1Cl. The van der Waals surface area contributed by atoms with E-state index in [1.54, 1.807) is 0 Å². The van der Waals surface area contributed by atoms with Gasteiger partial charge in [0.15, 0.2) is 5.69 Å². The van der Waals surface area contributed by atoms with Crippen LogP contribution >= 0.6 is 23.2 Å². The molecule has 5 nitrogen and oxygen atoms in total. The van der Waals surface area contributed by atoms with E-state index in [0.717, 1.165) is 6.07 Å². The fourth-order valence-corrected chi connectivity index (χ4v) is 2.76. The van der Waals surface area contributed by atoms with Gasteiger partial charge < -0.3 is 11.1 Å². The van der Waals surface area contributed by atoms with Gasteiger partial charge in [0.1, 0.15) is 11.6 Å². The molecule has 0 bridgehead atoms. The van der Waals surface area contributed by atoms with Gasteiger partial charge in [-0.25, -0.2) is 9.37 Å². The van der Waals surface area contributed by atoms with Gasteiger partial charge in [-0.3, -0.25) is 9.59 Å². The monoisotopic (exact) mass is 423 g/mol. The summed E-state index contributed by atoms with van der Waals surface area (Å²) in [5.74, 6) is -3.84. The van der Waals surface area contributed by atoms with Gasteiger partial charge in [-0.05, 0) is 12.1 Å². The van der Waals surface area contributed by atoms with Crippen molar-refractivity contribution >= 4 is 46.4 Å². The standard InChI is InChI=1S/C16H11Cl2F4N3O2/c1-2-8(26)24-12-10(11(18)14(16(20,21)22)25-15(12)23)13(27)9-6(17)4-3-5-7(9)19/h3-5H,2H2,1H3,(H2,23,25)(H,24,26). The Morgan fingerprint density at radius 3 is 2.37 bits per heavy atom. The molecule has 1 aromatic carbocycles. The Morgan fingerprint density at radius 1 is 1.22 bits per heavy atom. The molecule has 0 saturated heterocycles. The molecule has 144 valence electrons. The number of halogens is 6. The van der Waals surface area contributed by atoms with Gasteiger partial charge in [0.05, 0.1) is 26.9 Å². The molecule has 0 spiro atoms. The highest BCUT2D eigenvalue weighted by molar-refractivity contribution is 6.39. The zero-order chi connectivity index (χ0) is 20.5. The number of hydrogen-bond acceptors (Lipinski definition) is 4. The molecule has 1 heterocycles. The second kappa shape index (κ2) is 7.69. The first-order chi connectivity index (χ1) is 12.5. The van der Waals surface area contributed by atoms with Crippen LogP contribution in [0.15, 0.2) is 18.2 Å². The quantitative estimate of drug-likeness (QED) is 0.550. The van der Waals surface area contributed by atoms with Gasteiger partial charge in [-0.2, -0.15) is 13.2 Å². The normalized spacial score (nSPS) is 11.4. The molecule has 2 rings (SSSR count). The molecule has 0 aliphatic rings. The molecule has 0 saturated carbocycles. The fourth-order valence-electron chi connectivity index (χ4n) is 2.18. The van der Waals surface area contributed by atoms with Crippen molar-refractivity contribution in [3.05, 3.63) is 50.9 Å². The lowest BCUT2D eigenvalue weighted by Crippen LogP contribution is -2.21. The Hall–Kier alpha value is -2.39. The lowest BCUT2D eigenvalue weighted by Gasteiger charge is -2.18. The van der Waals surface area contributed by atoms with E-state index in [2.05, 4.69) is 10.3 Å². The summed E-state index contributed by atoms with van der Waals surface area (Å²) in [6.45, 7) is 1.46. The molecule has 27 heavy (non-hydrogen) atoms. The van der Waals surface area contributed by atoms with Crippen molar-refractivity contribution in [3.8, 4) is 0 Å². The lowest BCUT2D eigenvalue weighted by atomic mass is 10.00. The fraction of sp³-hybridized carbons (Fsp3) is 0.188. The summed E-state index contributed by atoms with van der Waals surface area (Å²) in [4.78, 5) is 27.7. The van der Waals surface area contributed by atoms with Crippen molar-refractivity contribution in [2.45, 2.75) is 19.5 Å². The molecule has 0 fully saturated rings. The van der Waals surface area contributed by atoms with Crippen LogP contribution in [0.1, 0.15) is 35.0 Å². The maximum atomic E-state index is 14.1. The minimum absolute atomic E-state index is 0.0772. The summed E-state index contributed by atoms with van der Waals surface area (Å²) in [5, 5.41) is 0.687. The molecule has 0 aliphatic heterocycles. The van der Waals surface area contributed by atoms with Crippen LogP contribution in [0.2, 0.25) is 10.0 Å². The molecular weight excluding hydrogens is 413 g/mol. The summed E-state index contributed by atoms with van der Waals surface area (Å²) < 4.78 is 53.7. The Balaban J connectivity index is 2.84. The zero-order valence-electron chi connectivity index (χ0n) is 13.5. The second-order valence-corrected chi connectivity index (χ2v) is 6.02. The number of pyridine rings is 1. The van der Waals surface area contributed by atoms with Crippen LogP contribution in [0.3, 0.4) is 0 Å². The molecule has 0 atom stereocenters. The van der Waals surface area contributed by atoms with Crippen LogP contribution in [0.25, 0.3) is 0 Å². The number of rotatable bonds is 4. The number of nitrogens with zero attached hydrogens (tertiary/aromatic N) is 1. The molecule has 0 aliphatic carbocycles. The van der Waals surface area contributed by atoms with Crippen molar-refractivity contribution in [3.63, 3.8) is 0 Å². The van der Waals surface area contributed by atoms with E-state index in [1.165, 1.54) is 19.1 Å². The van der Waals surface area contributed by atoms with E-state index in [-0.39, 0.29) is 11.4 Å². The highest BCUT2D eigenvalue weighted by Crippen LogP contribution is 2.41. The van der Waals surface area contributed by atoms with Crippen LogP contribution in [0.4, 0.5) is 29.1 Å². The second-order valence-electron chi connectivity index (χ2n) is 5.23. The van der Waals surface area contributed by atoms with Gasteiger partial charge in [-0.15, -0.1) is 0 Å². The number of benzene rings is 1. The summed E-state index contributed by atoms with van der Waals surface area (Å²) in [6, 6.07) is 3.27. The highest BCUT2D eigenvalue weighted by Gasteiger charge is 2.39. The molecule has 11 heteroatoms. The van der Waals surface area contributed by atoms with E-state index >= 15 is 0 Å². The number of amides is 1. The molecule has 3 N–H and O–H groups in total. The number of nitrogens with two attached hydrogens (primary N) is 1. The maximum absolute atomic E-state index is 14.1. The van der Waals surface area contributed by atoms with Gasteiger partial charge in [0.25, 0.3) is 0 Å². The van der Waals surface area contributed by atoms with Crippen molar-refractivity contribution in [1.82, 2.24) is 4.98 Å². The van der Waals surface area contributed by atoms with Crippen molar-refractivity contribution < 1.29 is 27.2 Å². The van der Waals surface area contributed by atoms with E-state index in [4.69, 9.17) is 28.9 Å². The number of anilines is 2. The zero-order valence-corrected chi connectivity index (χ0v) is 15.1. The Labute approximate surface area is 160 Å². The number of nitrogen functional groups attached to an aromatic ring is 1. The molecule has 1 amide bonds. The van der Waals surface area contributed by atoms with E-state index in [9.17, 15) is 27.2 Å². The molecule has 0 radical (unpaired) electrons. The number of hydrogen-bond donors (Lipinski definition) is 2. The number of carbonyl (C=O) groups is 2. The lowest BCUT2D eigenvalue weighted by molar-refractivity contribution is -0.141. The third-order valence-corrected chi connectivity index (χ3v) is 4.12.